The number of fused-ring (bicyclic) bond motifs is 1. The van der Waals surface area contributed by atoms with Gasteiger partial charge in [0, 0.05) is 18.8 Å². The number of carbonyl (C=O) groups excluding carboxylic acids is 3. The number of carbonyl (C=O) groups is 3. The van der Waals surface area contributed by atoms with Crippen molar-refractivity contribution in [3.63, 3.8) is 0 Å². The topological polar surface area (TPSA) is 125 Å². The van der Waals surface area contributed by atoms with Crippen LogP contribution in [0.1, 0.15) is 46.1 Å². The van der Waals surface area contributed by atoms with Crippen LogP contribution in [0.2, 0.25) is 0 Å². The van der Waals surface area contributed by atoms with E-state index in [0.29, 0.717) is 12.6 Å². The predicted octanol–water partition coefficient (Wildman–Crippen LogP) is 3.05. The molecule has 0 aliphatic rings. The van der Waals surface area contributed by atoms with Crippen molar-refractivity contribution in [2.24, 2.45) is 0 Å². The minimum atomic E-state index is -0.949. The van der Waals surface area contributed by atoms with Crippen LogP contribution in [0.15, 0.2) is 24.5 Å². The van der Waals surface area contributed by atoms with Gasteiger partial charge < -0.3 is 20.4 Å². The lowest BCUT2D eigenvalue weighted by atomic mass is 10.1. The van der Waals surface area contributed by atoms with E-state index in [4.69, 9.17) is 10.1 Å². The number of thioether (sulfide) groups is 1. The minimum Gasteiger partial charge on any atom is -0.461 e. The second-order valence-corrected chi connectivity index (χ2v) is 9.57. The van der Waals surface area contributed by atoms with E-state index in [9.17, 15) is 14.4 Å². The Hall–Kier alpha value is -2.68. The van der Waals surface area contributed by atoms with E-state index in [1.165, 1.54) is 11.8 Å². The number of rotatable bonds is 12. The Labute approximate surface area is 186 Å². The third-order valence-corrected chi connectivity index (χ3v) is 5.69. The molecular weight excluding hydrogens is 416 g/mol. The van der Waals surface area contributed by atoms with Gasteiger partial charge in [0.2, 0.25) is 5.91 Å². The lowest BCUT2D eigenvalue weighted by Gasteiger charge is -2.23. The number of nitrogens with one attached hydrogen (secondary N) is 3. The monoisotopic (exact) mass is 446 g/mol. The minimum absolute atomic E-state index is 0.0179. The smallest absolute Gasteiger partial charge is 0.328 e. The van der Waals surface area contributed by atoms with Crippen LogP contribution >= 0.6 is 11.8 Å². The second kappa shape index (κ2) is 11.6. The number of hydrogen-bond donors (Lipinski definition) is 3. The van der Waals surface area contributed by atoms with Gasteiger partial charge >= 0.3 is 5.97 Å². The van der Waals surface area contributed by atoms with E-state index in [0.717, 1.165) is 16.6 Å². The van der Waals surface area contributed by atoms with Crippen molar-refractivity contribution < 1.29 is 19.1 Å². The summed E-state index contributed by atoms with van der Waals surface area (Å²) in [6.45, 7) is 7.46. The number of H-pyrrole nitrogens is 1. The highest BCUT2D eigenvalue weighted by atomic mass is 32.2. The summed E-state index contributed by atoms with van der Waals surface area (Å²) in [6.07, 6.45) is 4.44. The van der Waals surface area contributed by atoms with Crippen LogP contribution in [0, 0.1) is 5.41 Å². The fourth-order valence-electron chi connectivity index (χ4n) is 3.08. The van der Waals surface area contributed by atoms with Crippen molar-refractivity contribution in [3.05, 3.63) is 30.1 Å². The number of amides is 1. The van der Waals surface area contributed by atoms with Gasteiger partial charge in [-0.1, -0.05) is 13.8 Å². The van der Waals surface area contributed by atoms with Gasteiger partial charge in [-0.2, -0.15) is 0 Å². The molecule has 8 nitrogen and oxygen atoms in total. The number of aromatic amines is 1. The van der Waals surface area contributed by atoms with Gasteiger partial charge in [0.1, 0.15) is 6.04 Å². The lowest BCUT2D eigenvalue weighted by molar-refractivity contribution is -0.151. The van der Waals surface area contributed by atoms with Crippen LogP contribution in [0.25, 0.3) is 11.0 Å². The molecule has 0 unspecified atom stereocenters. The van der Waals surface area contributed by atoms with Crippen LogP contribution in [0.5, 0.6) is 0 Å². The highest BCUT2D eigenvalue weighted by molar-refractivity contribution is 8.01. The number of ketones is 1. The number of ether oxygens (including phenoxy) is 1. The Morgan fingerprint density at radius 1 is 1.29 bits per heavy atom. The van der Waals surface area contributed by atoms with Crippen molar-refractivity contribution in [3.8, 4) is 0 Å². The molecule has 0 fully saturated rings. The number of aromatic nitrogens is 2. The molecule has 2 aromatic rings. The molecule has 168 valence electrons. The molecule has 0 saturated heterocycles. The summed E-state index contributed by atoms with van der Waals surface area (Å²) in [7, 11) is 0. The van der Waals surface area contributed by atoms with Gasteiger partial charge in [0.05, 0.1) is 28.6 Å². The van der Waals surface area contributed by atoms with E-state index >= 15 is 0 Å². The molecule has 0 aliphatic heterocycles. The summed E-state index contributed by atoms with van der Waals surface area (Å²) in [5.41, 5.74) is 2.64. The average molecular weight is 447 g/mol. The van der Waals surface area contributed by atoms with Crippen LogP contribution in [0.4, 0.5) is 0 Å². The lowest BCUT2D eigenvalue weighted by Crippen LogP contribution is -2.47. The van der Waals surface area contributed by atoms with Gasteiger partial charge in [-0.15, -0.1) is 11.8 Å². The molecule has 0 aromatic carbocycles. The first kappa shape index (κ1) is 24.6. The van der Waals surface area contributed by atoms with Crippen LogP contribution < -0.4 is 5.32 Å². The van der Waals surface area contributed by atoms with Crippen molar-refractivity contribution in [1.82, 2.24) is 15.3 Å². The first-order valence-electron chi connectivity index (χ1n) is 10.3. The number of Topliss-reactive ketones (excluding diaryl/α,β-unsaturated/α-hetero) is 1. The molecule has 0 bridgehead atoms. The van der Waals surface area contributed by atoms with Crippen molar-refractivity contribution in [2.45, 2.75) is 69.6 Å². The molecule has 9 heteroatoms. The van der Waals surface area contributed by atoms with E-state index in [1.807, 2.05) is 32.2 Å². The molecule has 2 heterocycles. The van der Waals surface area contributed by atoms with Gasteiger partial charge in [-0.25, -0.2) is 4.79 Å². The number of pyridine rings is 1. The molecular formula is C22H30N4O4S. The molecule has 0 saturated carbocycles. The summed E-state index contributed by atoms with van der Waals surface area (Å²) in [6, 6.07) is 2.82. The summed E-state index contributed by atoms with van der Waals surface area (Å²) in [5.74, 6) is -1.28. The molecule has 3 N–H and O–H groups in total. The van der Waals surface area contributed by atoms with Gasteiger partial charge in [0.15, 0.2) is 5.78 Å². The zero-order valence-corrected chi connectivity index (χ0v) is 19.1. The van der Waals surface area contributed by atoms with Gasteiger partial charge in [0.25, 0.3) is 0 Å². The molecule has 0 aliphatic carbocycles. The number of nitrogens with zero attached hydrogens (tertiary/aromatic N) is 1. The highest BCUT2D eigenvalue weighted by Gasteiger charge is 2.29. The third kappa shape index (κ3) is 7.50. The van der Waals surface area contributed by atoms with E-state index in [2.05, 4.69) is 15.3 Å². The van der Waals surface area contributed by atoms with E-state index in [1.54, 1.807) is 20.0 Å². The van der Waals surface area contributed by atoms with Crippen molar-refractivity contribution in [1.29, 1.82) is 5.41 Å². The maximum absolute atomic E-state index is 13.2. The first-order valence-corrected chi connectivity index (χ1v) is 11.3. The molecule has 2 atom stereocenters. The maximum atomic E-state index is 13.2. The van der Waals surface area contributed by atoms with Crippen LogP contribution in [0.3, 0.4) is 0 Å². The van der Waals surface area contributed by atoms with Gasteiger partial charge in [-0.05, 0) is 49.6 Å². The summed E-state index contributed by atoms with van der Waals surface area (Å²) in [4.78, 5) is 44.8. The largest absolute Gasteiger partial charge is 0.461 e. The Morgan fingerprint density at radius 2 is 2.03 bits per heavy atom. The Morgan fingerprint density at radius 3 is 2.68 bits per heavy atom. The van der Waals surface area contributed by atoms with Crippen molar-refractivity contribution >= 4 is 46.7 Å². The first-order chi connectivity index (χ1) is 14.7. The Kier molecular flexibility index (Phi) is 9.23. The third-order valence-electron chi connectivity index (χ3n) is 4.44. The zero-order valence-electron chi connectivity index (χ0n) is 18.3. The highest BCUT2D eigenvalue weighted by Crippen LogP contribution is 2.25. The maximum Gasteiger partial charge on any atom is 0.328 e. The number of hydrogen-bond acceptors (Lipinski definition) is 7. The second-order valence-electron chi connectivity index (χ2n) is 7.79. The quantitative estimate of drug-likeness (QED) is 0.340. The molecule has 2 rings (SSSR count). The molecule has 31 heavy (non-hydrogen) atoms. The zero-order chi connectivity index (χ0) is 23.0. The summed E-state index contributed by atoms with van der Waals surface area (Å²) in [5, 5.41) is 9.56. The van der Waals surface area contributed by atoms with Crippen molar-refractivity contribution in [2.75, 3.05) is 0 Å². The standard InChI is InChI=1S/C22H30N4O4S/c1-13(2)30-22(29)18(8-7-16(27)11-23)26-21(28)19(31-14(3)4)10-15-12-25-17-6-5-9-24-20(15)17/h5-6,9,11-14,18-19,23,25H,7-8,10H2,1-4H3,(H,26,28)/t18-,19-/m0/s1. The normalized spacial score (nSPS) is 13.2. The van der Waals surface area contributed by atoms with Gasteiger partial charge in [-0.3, -0.25) is 14.6 Å². The number of esters is 1. The molecule has 1 amide bonds. The Bertz CT molecular complexity index is 925. The molecule has 2 aromatic heterocycles. The van der Waals surface area contributed by atoms with E-state index < -0.39 is 23.0 Å². The Balaban J connectivity index is 2.18. The van der Waals surface area contributed by atoms with Crippen LogP contribution in [-0.2, 0) is 25.5 Å². The fraction of sp³-hybridized carbons (Fsp3) is 0.500. The SMILES string of the molecule is CC(C)OC(=O)[C@H](CCC(=O)C=N)NC(=O)[C@H](Cc1c[nH]c2cccnc12)SC(C)C. The predicted molar refractivity (Wildman–Crippen MR) is 122 cm³/mol. The molecule has 0 spiro atoms. The fourth-order valence-corrected chi connectivity index (χ4v) is 4.21. The molecule has 0 radical (unpaired) electrons. The van der Waals surface area contributed by atoms with Crippen LogP contribution in [-0.4, -0.2) is 56.5 Å². The summed E-state index contributed by atoms with van der Waals surface area (Å²) < 4.78 is 5.26. The average Bonchev–Trinajstić information content (AvgIpc) is 3.12. The summed E-state index contributed by atoms with van der Waals surface area (Å²) >= 11 is 1.50. The van der Waals surface area contributed by atoms with E-state index in [-0.39, 0.29) is 30.1 Å².